The Morgan fingerprint density at radius 2 is 1.56 bits per heavy atom. The van der Waals surface area contributed by atoms with Gasteiger partial charge in [-0.15, -0.1) is 0 Å². The van der Waals surface area contributed by atoms with Crippen molar-refractivity contribution >= 4 is 0 Å². The number of piperidine rings is 1. The van der Waals surface area contributed by atoms with Crippen LogP contribution in [-0.2, 0) is 0 Å². The van der Waals surface area contributed by atoms with Crippen LogP contribution < -0.4 is 10.6 Å². The molecule has 4 heteroatoms. The van der Waals surface area contributed by atoms with Crippen molar-refractivity contribution in [3.8, 4) is 12.1 Å². The molecule has 1 fully saturated rings. The van der Waals surface area contributed by atoms with Crippen molar-refractivity contribution in [2.75, 3.05) is 0 Å². The van der Waals surface area contributed by atoms with E-state index in [0.29, 0.717) is 5.70 Å². The maximum absolute atomic E-state index is 8.85. The number of rotatable bonds is 2. The van der Waals surface area contributed by atoms with Crippen LogP contribution in [0.15, 0.2) is 11.3 Å². The van der Waals surface area contributed by atoms with E-state index in [2.05, 4.69) is 38.3 Å². The molecule has 2 N–H and O–H groups in total. The molecular formula is C14H22N4. The lowest BCUT2D eigenvalue weighted by atomic mass is 9.79. The van der Waals surface area contributed by atoms with Crippen LogP contribution in [0.3, 0.4) is 0 Å². The van der Waals surface area contributed by atoms with Gasteiger partial charge >= 0.3 is 0 Å². The number of allylic oxidation sites excluding steroid dienone is 2. The SMILES string of the molecule is CC(NC1CC(C)(C)NC(C)(C)C1)=C(C#N)C#N. The first-order valence-electron chi connectivity index (χ1n) is 6.26. The Labute approximate surface area is 110 Å². The highest BCUT2D eigenvalue weighted by molar-refractivity contribution is 5.38. The quantitative estimate of drug-likeness (QED) is 0.733. The third kappa shape index (κ3) is 3.75. The number of nitriles is 2. The van der Waals surface area contributed by atoms with E-state index in [-0.39, 0.29) is 22.7 Å². The smallest absolute Gasteiger partial charge is 0.148 e. The van der Waals surface area contributed by atoms with Crippen LogP contribution in [-0.4, -0.2) is 17.1 Å². The zero-order valence-electron chi connectivity index (χ0n) is 11.9. The largest absolute Gasteiger partial charge is 0.384 e. The molecule has 0 aliphatic carbocycles. The van der Waals surface area contributed by atoms with Gasteiger partial charge in [0.15, 0.2) is 0 Å². The Hall–Kier alpha value is -1.52. The highest BCUT2D eigenvalue weighted by Crippen LogP contribution is 2.29. The van der Waals surface area contributed by atoms with Gasteiger partial charge in [0.25, 0.3) is 0 Å². The minimum Gasteiger partial charge on any atom is -0.384 e. The van der Waals surface area contributed by atoms with E-state index in [1.807, 2.05) is 12.1 Å². The van der Waals surface area contributed by atoms with Crippen LogP contribution in [0, 0.1) is 22.7 Å². The molecule has 1 saturated heterocycles. The summed E-state index contributed by atoms with van der Waals surface area (Å²) in [4.78, 5) is 0. The second-order valence-electron chi connectivity index (χ2n) is 6.37. The summed E-state index contributed by atoms with van der Waals surface area (Å²) in [5.74, 6) is 0. The number of nitrogens with zero attached hydrogens (tertiary/aromatic N) is 2. The number of hydrogen-bond acceptors (Lipinski definition) is 4. The van der Waals surface area contributed by atoms with Gasteiger partial charge in [0.2, 0.25) is 0 Å². The van der Waals surface area contributed by atoms with E-state index >= 15 is 0 Å². The van der Waals surface area contributed by atoms with Gasteiger partial charge in [0, 0.05) is 22.8 Å². The van der Waals surface area contributed by atoms with Gasteiger partial charge in [-0.25, -0.2) is 0 Å². The topological polar surface area (TPSA) is 71.6 Å². The zero-order valence-corrected chi connectivity index (χ0v) is 11.9. The summed E-state index contributed by atoms with van der Waals surface area (Å²) >= 11 is 0. The van der Waals surface area contributed by atoms with Gasteiger partial charge < -0.3 is 10.6 Å². The molecule has 18 heavy (non-hydrogen) atoms. The third-order valence-corrected chi connectivity index (χ3v) is 3.21. The van der Waals surface area contributed by atoms with Crippen molar-refractivity contribution in [3.05, 3.63) is 11.3 Å². The molecule has 1 aliphatic heterocycles. The van der Waals surface area contributed by atoms with Crippen molar-refractivity contribution < 1.29 is 0 Å². The Bertz CT molecular complexity index is 400. The van der Waals surface area contributed by atoms with E-state index in [0.717, 1.165) is 12.8 Å². The molecule has 98 valence electrons. The third-order valence-electron chi connectivity index (χ3n) is 3.21. The average molecular weight is 246 g/mol. The Morgan fingerprint density at radius 1 is 1.11 bits per heavy atom. The van der Waals surface area contributed by atoms with Crippen molar-refractivity contribution in [3.63, 3.8) is 0 Å². The highest BCUT2D eigenvalue weighted by atomic mass is 15.1. The van der Waals surface area contributed by atoms with Crippen molar-refractivity contribution in [1.82, 2.24) is 10.6 Å². The first-order valence-corrected chi connectivity index (χ1v) is 6.26. The molecule has 0 bridgehead atoms. The summed E-state index contributed by atoms with van der Waals surface area (Å²) < 4.78 is 0. The predicted molar refractivity (Wildman–Crippen MR) is 71.4 cm³/mol. The molecule has 0 spiro atoms. The van der Waals surface area contributed by atoms with Crippen LogP contribution in [0.1, 0.15) is 47.5 Å². The van der Waals surface area contributed by atoms with E-state index in [4.69, 9.17) is 10.5 Å². The molecule has 0 saturated carbocycles. The maximum Gasteiger partial charge on any atom is 0.148 e. The van der Waals surface area contributed by atoms with Crippen LogP contribution in [0.5, 0.6) is 0 Å². The van der Waals surface area contributed by atoms with Crippen molar-refractivity contribution in [2.45, 2.75) is 64.6 Å². The standard InChI is InChI=1S/C14H22N4/c1-10(11(8-15)9-16)17-12-6-13(2,3)18-14(4,5)7-12/h12,17-18H,6-7H2,1-5H3. The fraction of sp³-hybridized carbons (Fsp3) is 0.714. The summed E-state index contributed by atoms with van der Waals surface area (Å²) in [6.45, 7) is 10.5. The molecule has 0 aromatic rings. The van der Waals surface area contributed by atoms with Crippen LogP contribution in [0.4, 0.5) is 0 Å². The predicted octanol–water partition coefficient (Wildman–Crippen LogP) is 2.21. The molecule has 4 nitrogen and oxygen atoms in total. The van der Waals surface area contributed by atoms with Crippen molar-refractivity contribution in [1.29, 1.82) is 10.5 Å². The normalized spacial score (nSPS) is 21.5. The molecule has 0 aromatic heterocycles. The monoisotopic (exact) mass is 246 g/mol. The van der Waals surface area contributed by atoms with Gasteiger partial charge in [-0.1, -0.05) is 0 Å². The first kappa shape index (κ1) is 14.5. The lowest BCUT2D eigenvalue weighted by Gasteiger charge is -2.47. The summed E-state index contributed by atoms with van der Waals surface area (Å²) in [5, 5.41) is 24.6. The molecule has 0 aromatic carbocycles. The summed E-state index contributed by atoms with van der Waals surface area (Å²) in [6.07, 6.45) is 1.94. The molecule has 0 radical (unpaired) electrons. The van der Waals surface area contributed by atoms with Gasteiger partial charge in [-0.3, -0.25) is 0 Å². The molecular weight excluding hydrogens is 224 g/mol. The molecule has 0 amide bonds. The summed E-state index contributed by atoms with van der Waals surface area (Å²) in [6, 6.07) is 4.13. The van der Waals surface area contributed by atoms with Crippen LogP contribution in [0.25, 0.3) is 0 Å². The molecule has 0 atom stereocenters. The van der Waals surface area contributed by atoms with Crippen LogP contribution >= 0.6 is 0 Å². The zero-order chi connectivity index (χ0) is 14.0. The first-order chi connectivity index (χ1) is 8.19. The van der Waals surface area contributed by atoms with Gasteiger partial charge in [-0.05, 0) is 47.5 Å². The van der Waals surface area contributed by atoms with E-state index < -0.39 is 0 Å². The minimum atomic E-state index is 0.0547. The summed E-state index contributed by atoms with van der Waals surface area (Å²) in [7, 11) is 0. The van der Waals surface area contributed by atoms with E-state index in [1.165, 1.54) is 0 Å². The molecule has 1 aliphatic rings. The minimum absolute atomic E-state index is 0.0547. The lowest BCUT2D eigenvalue weighted by Crippen LogP contribution is -2.61. The fourth-order valence-electron chi connectivity index (χ4n) is 3.00. The average Bonchev–Trinajstić information content (AvgIpc) is 2.13. The number of nitrogens with one attached hydrogen (secondary N) is 2. The molecule has 1 rings (SSSR count). The van der Waals surface area contributed by atoms with Gasteiger partial charge in [0.05, 0.1) is 0 Å². The molecule has 1 heterocycles. The second-order valence-corrected chi connectivity index (χ2v) is 6.37. The van der Waals surface area contributed by atoms with Crippen LogP contribution in [0.2, 0.25) is 0 Å². The maximum atomic E-state index is 8.85. The van der Waals surface area contributed by atoms with E-state index in [1.54, 1.807) is 6.92 Å². The highest BCUT2D eigenvalue weighted by Gasteiger charge is 2.37. The lowest BCUT2D eigenvalue weighted by molar-refractivity contribution is 0.151. The number of hydrogen-bond donors (Lipinski definition) is 2. The Balaban J connectivity index is 2.84. The van der Waals surface area contributed by atoms with Gasteiger partial charge in [0.1, 0.15) is 17.7 Å². The second kappa shape index (κ2) is 5.00. The van der Waals surface area contributed by atoms with E-state index in [9.17, 15) is 0 Å². The Kier molecular flexibility index (Phi) is 4.04. The van der Waals surface area contributed by atoms with Crippen molar-refractivity contribution in [2.24, 2.45) is 0 Å². The fourth-order valence-corrected chi connectivity index (χ4v) is 3.00. The molecule has 0 unspecified atom stereocenters. The van der Waals surface area contributed by atoms with Gasteiger partial charge in [-0.2, -0.15) is 10.5 Å². The summed E-state index contributed by atoms with van der Waals surface area (Å²) in [5.41, 5.74) is 0.959. The Morgan fingerprint density at radius 3 is 1.94 bits per heavy atom.